The second-order valence-electron chi connectivity index (χ2n) is 11.3. The van der Waals surface area contributed by atoms with E-state index in [0.29, 0.717) is 17.9 Å². The van der Waals surface area contributed by atoms with Crippen molar-refractivity contribution in [2.24, 2.45) is 0 Å². The number of hydrogen-bond acceptors (Lipinski definition) is 3. The van der Waals surface area contributed by atoms with Gasteiger partial charge in [0.25, 0.3) is 0 Å². The molecule has 200 valence electrons. The summed E-state index contributed by atoms with van der Waals surface area (Å²) in [7, 11) is 0. The average Bonchev–Trinajstić information content (AvgIpc) is 3.03. The van der Waals surface area contributed by atoms with Crippen LogP contribution in [-0.2, 0) is 5.60 Å². The minimum Gasteiger partial charge on any atom is -0.379 e. The number of benzene rings is 4. The summed E-state index contributed by atoms with van der Waals surface area (Å²) in [5, 5.41) is 19.8. The Balaban J connectivity index is 1.20. The van der Waals surface area contributed by atoms with E-state index >= 15 is 0 Å². The molecule has 2 aliphatic rings. The van der Waals surface area contributed by atoms with Gasteiger partial charge in [0.15, 0.2) is 0 Å². The molecule has 2 aliphatic heterocycles. The first-order valence-electron chi connectivity index (χ1n) is 14.7. The molecule has 2 saturated heterocycles. The summed E-state index contributed by atoms with van der Waals surface area (Å²) in [4.78, 5) is 0. The van der Waals surface area contributed by atoms with Gasteiger partial charge in [0, 0.05) is 24.5 Å². The van der Waals surface area contributed by atoms with Gasteiger partial charge in [-0.1, -0.05) is 122 Å². The van der Waals surface area contributed by atoms with Crippen LogP contribution in [0.4, 0.5) is 0 Å². The van der Waals surface area contributed by atoms with Gasteiger partial charge in [0.2, 0.25) is 0 Å². The smallest absolute Gasteiger partial charge is 0.130 e. The first kappa shape index (κ1) is 26.0. The van der Waals surface area contributed by atoms with E-state index in [1.54, 1.807) is 0 Å². The molecule has 3 N–H and O–H groups in total. The Labute approximate surface area is 233 Å². The minimum atomic E-state index is -1.06. The maximum atomic E-state index is 12.2. The lowest BCUT2D eigenvalue weighted by atomic mass is 9.75. The quantitative estimate of drug-likeness (QED) is 0.255. The first-order valence-corrected chi connectivity index (χ1v) is 14.7. The molecule has 4 aromatic rings. The highest BCUT2D eigenvalue weighted by molar-refractivity contribution is 5.40. The fourth-order valence-electron chi connectivity index (χ4n) is 6.91. The fraction of sp³-hybridized carbons (Fsp3) is 0.333. The number of rotatable bonds is 7. The number of piperidine rings is 2. The minimum absolute atomic E-state index is 0.0438. The summed E-state index contributed by atoms with van der Waals surface area (Å²) in [6.45, 7) is 1.97. The Morgan fingerprint density at radius 1 is 0.615 bits per heavy atom. The van der Waals surface area contributed by atoms with Gasteiger partial charge in [0.1, 0.15) is 5.60 Å². The summed E-state index contributed by atoms with van der Waals surface area (Å²) in [6.07, 6.45) is 5.75. The molecule has 3 nitrogen and oxygen atoms in total. The standard InChI is InChI=1S/C36H40N2O/c39-36(31-14-6-2-7-15-31,32-16-8-3-9-17-32)34-24-23-30(26-38-34)27-19-21-29(22-20-27)35(28-12-4-1-5-13-28)33-18-10-11-25-37-33/h1-9,12-17,19-22,30,33-35,37-39H,10-11,18,23-26H2. The predicted octanol–water partition coefficient (Wildman–Crippen LogP) is 6.73. The lowest BCUT2D eigenvalue weighted by molar-refractivity contribution is 0.0246. The lowest BCUT2D eigenvalue weighted by Gasteiger charge is -2.42. The molecule has 4 atom stereocenters. The van der Waals surface area contributed by atoms with Crippen LogP contribution < -0.4 is 10.6 Å². The third kappa shape index (κ3) is 5.45. The van der Waals surface area contributed by atoms with Crippen LogP contribution >= 0.6 is 0 Å². The first-order chi connectivity index (χ1) is 19.2. The van der Waals surface area contributed by atoms with Crippen molar-refractivity contribution >= 4 is 0 Å². The van der Waals surface area contributed by atoms with Crippen molar-refractivity contribution in [3.05, 3.63) is 143 Å². The Morgan fingerprint density at radius 3 is 1.74 bits per heavy atom. The third-order valence-electron chi connectivity index (χ3n) is 9.02. The summed E-state index contributed by atoms with van der Waals surface area (Å²) >= 11 is 0. The molecule has 0 radical (unpaired) electrons. The van der Waals surface area contributed by atoms with Crippen LogP contribution in [0.2, 0.25) is 0 Å². The van der Waals surface area contributed by atoms with E-state index in [-0.39, 0.29) is 6.04 Å². The van der Waals surface area contributed by atoms with Crippen LogP contribution in [0, 0.1) is 0 Å². The number of aliphatic hydroxyl groups is 1. The second-order valence-corrected chi connectivity index (χ2v) is 11.3. The van der Waals surface area contributed by atoms with Gasteiger partial charge in [-0.2, -0.15) is 0 Å². The molecule has 0 aliphatic carbocycles. The Bertz CT molecular complexity index is 1250. The number of nitrogens with one attached hydrogen (secondary N) is 2. The summed E-state index contributed by atoms with van der Waals surface area (Å²) in [5.41, 5.74) is 5.00. The maximum absolute atomic E-state index is 12.2. The summed E-state index contributed by atoms with van der Waals surface area (Å²) in [5.74, 6) is 0.815. The van der Waals surface area contributed by atoms with Crippen molar-refractivity contribution in [2.75, 3.05) is 13.1 Å². The Hall–Kier alpha value is -3.24. The van der Waals surface area contributed by atoms with E-state index in [0.717, 1.165) is 37.1 Å². The zero-order valence-electron chi connectivity index (χ0n) is 22.7. The second kappa shape index (κ2) is 11.9. The van der Waals surface area contributed by atoms with Gasteiger partial charge >= 0.3 is 0 Å². The molecule has 0 bridgehead atoms. The largest absolute Gasteiger partial charge is 0.379 e. The highest BCUT2D eigenvalue weighted by Crippen LogP contribution is 2.39. The molecular formula is C36H40N2O. The van der Waals surface area contributed by atoms with Crippen molar-refractivity contribution in [3.63, 3.8) is 0 Å². The van der Waals surface area contributed by atoms with Crippen molar-refractivity contribution in [3.8, 4) is 0 Å². The van der Waals surface area contributed by atoms with Gasteiger partial charge in [0.05, 0.1) is 0 Å². The third-order valence-corrected chi connectivity index (χ3v) is 9.02. The molecule has 39 heavy (non-hydrogen) atoms. The van der Waals surface area contributed by atoms with Gasteiger partial charge in [-0.25, -0.2) is 0 Å². The van der Waals surface area contributed by atoms with Crippen molar-refractivity contribution in [1.29, 1.82) is 0 Å². The van der Waals surface area contributed by atoms with E-state index < -0.39 is 5.60 Å². The molecule has 4 aromatic carbocycles. The highest BCUT2D eigenvalue weighted by Gasteiger charge is 2.42. The summed E-state index contributed by atoms with van der Waals surface area (Å²) < 4.78 is 0. The van der Waals surface area contributed by atoms with Crippen LogP contribution in [0.3, 0.4) is 0 Å². The predicted molar refractivity (Wildman–Crippen MR) is 160 cm³/mol. The molecule has 0 spiro atoms. The Kier molecular flexibility index (Phi) is 7.92. The van der Waals surface area contributed by atoms with Crippen LogP contribution in [0.15, 0.2) is 115 Å². The van der Waals surface area contributed by atoms with Crippen molar-refractivity contribution in [2.45, 2.75) is 61.6 Å². The molecule has 6 rings (SSSR count). The van der Waals surface area contributed by atoms with Gasteiger partial charge < -0.3 is 15.7 Å². The summed E-state index contributed by atoms with van der Waals surface area (Å²) in [6, 6.07) is 41.1. The van der Waals surface area contributed by atoms with Crippen molar-refractivity contribution < 1.29 is 5.11 Å². The highest BCUT2D eigenvalue weighted by atomic mass is 16.3. The molecule has 0 aromatic heterocycles. The van der Waals surface area contributed by atoms with Gasteiger partial charge in [-0.3, -0.25) is 0 Å². The molecule has 0 saturated carbocycles. The molecule has 2 heterocycles. The zero-order chi connectivity index (χ0) is 26.5. The topological polar surface area (TPSA) is 44.3 Å². The van der Waals surface area contributed by atoms with Crippen LogP contribution in [-0.4, -0.2) is 30.3 Å². The fourth-order valence-corrected chi connectivity index (χ4v) is 6.91. The normalized spacial score (nSPS) is 22.7. The lowest BCUT2D eigenvalue weighted by Crippen LogP contribution is -2.52. The molecule has 0 amide bonds. The monoisotopic (exact) mass is 516 g/mol. The molecule has 4 unspecified atom stereocenters. The van der Waals surface area contributed by atoms with Crippen LogP contribution in [0.1, 0.15) is 71.8 Å². The molecule has 3 heteroatoms. The van der Waals surface area contributed by atoms with E-state index in [9.17, 15) is 5.11 Å². The van der Waals surface area contributed by atoms with E-state index in [4.69, 9.17) is 0 Å². The van der Waals surface area contributed by atoms with E-state index in [2.05, 4.69) is 65.2 Å². The maximum Gasteiger partial charge on any atom is 0.130 e. The molecular weight excluding hydrogens is 476 g/mol. The van der Waals surface area contributed by atoms with Crippen LogP contribution in [0.5, 0.6) is 0 Å². The van der Waals surface area contributed by atoms with Gasteiger partial charge in [-0.05, 0) is 66.0 Å². The van der Waals surface area contributed by atoms with Gasteiger partial charge in [-0.15, -0.1) is 0 Å². The SMILES string of the molecule is OC(c1ccccc1)(c1ccccc1)C1CCC(c2ccc(C(c3ccccc3)C3CCCCN3)cc2)CN1. The number of hydrogen-bond donors (Lipinski definition) is 3. The van der Waals surface area contributed by atoms with Crippen molar-refractivity contribution in [1.82, 2.24) is 10.6 Å². The molecule has 2 fully saturated rings. The van der Waals surface area contributed by atoms with Crippen LogP contribution in [0.25, 0.3) is 0 Å². The van der Waals surface area contributed by atoms with E-state index in [1.165, 1.54) is 36.0 Å². The van der Waals surface area contributed by atoms with E-state index in [1.807, 2.05) is 60.7 Å². The average molecular weight is 517 g/mol. The zero-order valence-corrected chi connectivity index (χ0v) is 22.7. The Morgan fingerprint density at radius 2 is 1.21 bits per heavy atom.